The molecule has 6 aliphatic carbocycles. The van der Waals surface area contributed by atoms with E-state index in [4.69, 9.17) is 20.0 Å². The first-order valence-corrected chi connectivity index (χ1v) is 33.1. The molecule has 4 bridgehead atoms. The van der Waals surface area contributed by atoms with Crippen molar-refractivity contribution in [2.45, 2.75) is 299 Å². The van der Waals surface area contributed by atoms with E-state index in [1.165, 1.54) is 36.1 Å². The van der Waals surface area contributed by atoms with Crippen LogP contribution in [-0.4, -0.2) is 54.8 Å². The largest absolute Gasteiger partial charge is 2.00 e. The molecule has 9 nitrogen and oxygen atoms in total. The fraction of sp³-hybridized carbons (Fsp3) is 0.633. The van der Waals surface area contributed by atoms with Crippen molar-refractivity contribution in [1.29, 1.82) is 0 Å². The summed E-state index contributed by atoms with van der Waals surface area (Å²) in [6.07, 6.45) is 16.0. The number of benzene rings is 4. The Hall–Kier alpha value is -4.25. The standard InChI is InChI=1S/2C38H56N2O2.C3H6O.2Pd/c2*1-35(2,3)27-15-25(33(41)29(19-27)37(7,8)9)21-39-31-17-24-14-13-23(31)18-32(24)40-22-26-16-28(36(4,5)6)20-30(34(26)42)38(10,11)12;1-3(2)4;;/h2*15-16,19-24,31-32,41-42H,13-14,17-18H2,1-12H3;1-2H3;;/q;;;2*+2/p-4/t2*23-,24-,31-,32-;;;/m11.../s1. The molecule has 90 heavy (non-hydrogen) atoms. The average Bonchev–Trinajstić information content (AvgIpc) is 1.03. The van der Waals surface area contributed by atoms with Gasteiger partial charge < -0.3 is 25.2 Å². The third-order valence-electron chi connectivity index (χ3n) is 19.0. The van der Waals surface area contributed by atoms with Crippen molar-refractivity contribution in [2.75, 3.05) is 0 Å². The number of hydrogen-bond acceptors (Lipinski definition) is 9. The Morgan fingerprint density at radius 3 is 0.600 bits per heavy atom. The minimum atomic E-state index is -0.222. The van der Waals surface area contributed by atoms with Crippen molar-refractivity contribution in [1.82, 2.24) is 0 Å². The Kier molecular flexibility index (Phi) is 25.3. The number of nitrogens with zero attached hydrogens (tertiary/aromatic N) is 4. The van der Waals surface area contributed by atoms with Gasteiger partial charge in [0, 0.05) is 24.9 Å². The predicted molar refractivity (Wildman–Crippen MR) is 366 cm³/mol. The van der Waals surface area contributed by atoms with Gasteiger partial charge in [-0.2, -0.15) is 0 Å². The van der Waals surface area contributed by atoms with Gasteiger partial charge in [-0.25, -0.2) is 0 Å². The van der Waals surface area contributed by atoms with Crippen LogP contribution in [0.3, 0.4) is 0 Å². The molecule has 0 N–H and O–H groups in total. The number of ketones is 1. The van der Waals surface area contributed by atoms with E-state index in [9.17, 15) is 25.2 Å². The Morgan fingerprint density at radius 2 is 0.478 bits per heavy atom. The number of carbonyl (C=O) groups excluding carboxylic acids is 1. The third kappa shape index (κ3) is 19.9. The molecule has 6 fully saturated rings. The van der Waals surface area contributed by atoms with Gasteiger partial charge >= 0.3 is 40.8 Å². The SMILES string of the molecule is CC(C)(C)c1cc(C=N[C@@H]2C[C@H]3CC[C@@H]2C[C@H]3N=Cc2cc(C(C)(C)C)cc(C(C)(C)C)c2[O-])c([O-])c(C(C)(C)C)c1.CC(C)(C)c1cc(C=N[C@@H]2C[C@H]3CC[C@@H]2C[C@H]3N=Cc2cc(C(C)(C)C)cc(C(C)(C)C)c2[O-])c([O-])c(C(C)(C)C)c1.CC(C)=O.[Pd+2].[Pd+2]. The number of rotatable bonds is 8. The fourth-order valence-electron chi connectivity index (χ4n) is 13.1. The van der Waals surface area contributed by atoms with Crippen molar-refractivity contribution < 1.29 is 66.1 Å². The van der Waals surface area contributed by atoms with Crippen LogP contribution < -0.4 is 20.4 Å². The van der Waals surface area contributed by atoms with Crippen molar-refractivity contribution in [3.8, 4) is 23.0 Å². The number of Topliss-reactive ketones (excluding diaryl/α,β-unsaturated/α-hetero) is 1. The molecule has 11 heteroatoms. The summed E-state index contributed by atoms with van der Waals surface area (Å²) in [5.41, 5.74) is 9.91. The zero-order valence-corrected chi connectivity index (χ0v) is 63.3. The molecular formula is C79H114N4O5Pd2. The van der Waals surface area contributed by atoms with Gasteiger partial charge in [-0.1, -0.05) is 238 Å². The molecule has 8 atom stereocenters. The topological polar surface area (TPSA) is 159 Å². The summed E-state index contributed by atoms with van der Waals surface area (Å²) < 4.78 is 0. The third-order valence-corrected chi connectivity index (χ3v) is 19.0. The first-order chi connectivity index (χ1) is 40.0. The summed E-state index contributed by atoms with van der Waals surface area (Å²) in [5, 5.41) is 53.9. The summed E-state index contributed by atoms with van der Waals surface area (Å²) in [4.78, 5) is 29.7. The Balaban J connectivity index is 0.000000355. The summed E-state index contributed by atoms with van der Waals surface area (Å²) in [6.45, 7) is 54.7. The zero-order valence-electron chi connectivity index (χ0n) is 60.2. The molecule has 0 spiro atoms. The molecule has 0 radical (unpaired) electrons. The van der Waals surface area contributed by atoms with Gasteiger partial charge in [-0.3, -0.25) is 20.0 Å². The van der Waals surface area contributed by atoms with Gasteiger partial charge in [-0.05, 0) is 199 Å². The first kappa shape index (κ1) is 78.2. The smallest absolute Gasteiger partial charge is 0.872 e. The van der Waals surface area contributed by atoms with Crippen LogP contribution in [0.5, 0.6) is 23.0 Å². The van der Waals surface area contributed by atoms with Gasteiger partial charge in [-0.15, -0.1) is 0 Å². The normalized spacial score (nSPS) is 22.5. The monoisotopic (exact) mass is 1410 g/mol. The minimum Gasteiger partial charge on any atom is -0.872 e. The van der Waals surface area contributed by atoms with Crippen LogP contribution in [0.25, 0.3) is 0 Å². The van der Waals surface area contributed by atoms with E-state index in [0.717, 1.165) is 73.6 Å². The molecule has 0 amide bonds. The number of aliphatic imine (C=N–C) groups is 4. The number of hydrogen-bond donors (Lipinski definition) is 0. The van der Waals surface area contributed by atoms with Gasteiger partial charge in [0.1, 0.15) is 5.78 Å². The maximum atomic E-state index is 13.5. The Morgan fingerprint density at radius 1 is 0.322 bits per heavy atom. The molecule has 0 aromatic heterocycles. The van der Waals surface area contributed by atoms with E-state index >= 15 is 0 Å². The van der Waals surface area contributed by atoms with Crippen molar-refractivity contribution in [3.05, 3.63) is 115 Å². The molecule has 6 saturated carbocycles. The van der Waals surface area contributed by atoms with Gasteiger partial charge in [0.2, 0.25) is 0 Å². The molecule has 0 saturated heterocycles. The van der Waals surface area contributed by atoms with E-state index in [2.05, 4.69) is 190 Å². The fourth-order valence-corrected chi connectivity index (χ4v) is 13.1. The molecule has 0 heterocycles. The van der Waals surface area contributed by atoms with Crippen LogP contribution in [-0.2, 0) is 89.0 Å². The molecule has 10 rings (SSSR count). The Bertz CT molecular complexity index is 2830. The van der Waals surface area contributed by atoms with Crippen molar-refractivity contribution in [2.24, 2.45) is 43.6 Å². The summed E-state index contributed by atoms with van der Waals surface area (Å²) in [5.74, 6) is 2.38. The molecule has 4 aromatic carbocycles. The maximum absolute atomic E-state index is 13.5. The Labute approximate surface area is 573 Å². The first-order valence-electron chi connectivity index (χ1n) is 33.1. The number of fused-ring (bicyclic) bond motifs is 6. The van der Waals surface area contributed by atoms with Crippen LogP contribution in [0.4, 0.5) is 0 Å². The second kappa shape index (κ2) is 29.2. The van der Waals surface area contributed by atoms with Gasteiger partial charge in [0.25, 0.3) is 0 Å². The predicted octanol–water partition coefficient (Wildman–Crippen LogP) is 16.8. The second-order valence-electron chi connectivity index (χ2n) is 35.2. The molecule has 0 unspecified atom stereocenters. The summed E-state index contributed by atoms with van der Waals surface area (Å²) in [7, 11) is 0. The van der Waals surface area contributed by atoms with Crippen LogP contribution in [0, 0.1) is 23.7 Å². The van der Waals surface area contributed by atoms with E-state index < -0.39 is 0 Å². The quantitative estimate of drug-likeness (QED) is 0.127. The van der Waals surface area contributed by atoms with E-state index in [0.29, 0.717) is 45.9 Å². The molecule has 500 valence electrons. The molecule has 0 aliphatic heterocycles. The van der Waals surface area contributed by atoms with Crippen LogP contribution in [0.2, 0.25) is 0 Å². The number of carbonyl (C=O) groups is 1. The minimum absolute atomic E-state index is 0. The van der Waals surface area contributed by atoms with E-state index in [-0.39, 0.29) is 137 Å². The molecular weight excluding hydrogens is 1300 g/mol. The van der Waals surface area contributed by atoms with Crippen LogP contribution in [0.15, 0.2) is 68.5 Å². The second-order valence-corrected chi connectivity index (χ2v) is 35.2. The van der Waals surface area contributed by atoms with Gasteiger partial charge in [0.05, 0.1) is 24.2 Å². The summed E-state index contributed by atoms with van der Waals surface area (Å²) >= 11 is 0. The van der Waals surface area contributed by atoms with Gasteiger partial charge in [0.15, 0.2) is 0 Å². The van der Waals surface area contributed by atoms with Crippen molar-refractivity contribution in [3.63, 3.8) is 0 Å². The van der Waals surface area contributed by atoms with Crippen molar-refractivity contribution >= 4 is 30.6 Å². The zero-order chi connectivity index (χ0) is 66.4. The van der Waals surface area contributed by atoms with Crippen LogP contribution >= 0.6 is 0 Å². The summed E-state index contributed by atoms with van der Waals surface area (Å²) in [6, 6.07) is 17.5. The maximum Gasteiger partial charge on any atom is 2.00 e. The van der Waals surface area contributed by atoms with E-state index in [1.807, 2.05) is 49.1 Å². The molecule has 4 aromatic rings. The molecule has 6 aliphatic rings. The van der Waals surface area contributed by atoms with E-state index in [1.54, 1.807) is 0 Å². The average molecular weight is 1410 g/mol. The van der Waals surface area contributed by atoms with Crippen LogP contribution in [0.1, 0.15) is 298 Å².